The molecule has 3 aliphatic carbocycles. The van der Waals surface area contributed by atoms with E-state index < -0.39 is 0 Å². The maximum absolute atomic E-state index is 4.08. The predicted octanol–water partition coefficient (Wildman–Crippen LogP) is 17.4. The minimum Gasteiger partial charge on any atom is -0.314 e. The molecule has 2 unspecified atom stereocenters. The van der Waals surface area contributed by atoms with Crippen LogP contribution in [0.15, 0.2) is 242 Å². The summed E-state index contributed by atoms with van der Waals surface area (Å²) in [5, 5.41) is 1.28. The Labute approximate surface area is 393 Å². The molecule has 0 saturated heterocycles. The molecule has 1 aromatic heterocycles. The van der Waals surface area contributed by atoms with Crippen molar-refractivity contribution in [2.45, 2.75) is 58.8 Å². The van der Waals surface area contributed by atoms with E-state index in [2.05, 4.69) is 255 Å². The van der Waals surface area contributed by atoms with Crippen LogP contribution in [0.1, 0.15) is 74.8 Å². The lowest BCUT2D eigenvalue weighted by molar-refractivity contribution is 0.692. The number of anilines is 1. The minimum atomic E-state index is 0.378. The first-order chi connectivity index (χ1) is 32.6. The molecule has 2 nitrogen and oxygen atoms in total. The monoisotopic (exact) mass is 856 g/mol. The molecule has 0 amide bonds. The summed E-state index contributed by atoms with van der Waals surface area (Å²) in [6.07, 6.45) is 42.8. The Bertz CT molecular complexity index is 3020. The number of nitrogens with zero attached hydrogens (tertiary/aromatic N) is 2. The van der Waals surface area contributed by atoms with Crippen LogP contribution in [0.25, 0.3) is 51.0 Å². The summed E-state index contributed by atoms with van der Waals surface area (Å²) in [5.74, 6) is 0.792. The van der Waals surface area contributed by atoms with Crippen molar-refractivity contribution >= 4 is 28.7 Å². The Morgan fingerprint density at radius 2 is 1.47 bits per heavy atom. The van der Waals surface area contributed by atoms with Crippen molar-refractivity contribution < 1.29 is 0 Å². The van der Waals surface area contributed by atoms with Crippen LogP contribution in [0.3, 0.4) is 0 Å². The van der Waals surface area contributed by atoms with Crippen molar-refractivity contribution in [3.63, 3.8) is 0 Å². The smallest absolute Gasteiger partial charge is 0.0537 e. The molecule has 5 aromatic carbocycles. The molecule has 326 valence electrons. The van der Waals surface area contributed by atoms with Gasteiger partial charge in [-0.05, 0) is 139 Å². The van der Waals surface area contributed by atoms with Crippen molar-refractivity contribution in [3.8, 4) is 27.9 Å². The summed E-state index contributed by atoms with van der Waals surface area (Å²) in [7, 11) is 0. The van der Waals surface area contributed by atoms with Crippen molar-refractivity contribution in [1.82, 2.24) is 4.57 Å². The highest BCUT2D eigenvalue weighted by molar-refractivity contribution is 5.90. The molecule has 6 aromatic rings. The van der Waals surface area contributed by atoms with Gasteiger partial charge in [0, 0.05) is 40.0 Å². The summed E-state index contributed by atoms with van der Waals surface area (Å²) in [5.41, 5.74) is 18.7. The molecule has 66 heavy (non-hydrogen) atoms. The zero-order valence-electron chi connectivity index (χ0n) is 38.7. The number of hydrogen-bond donors (Lipinski definition) is 0. The Morgan fingerprint density at radius 1 is 0.758 bits per heavy atom. The van der Waals surface area contributed by atoms with E-state index in [0.29, 0.717) is 11.8 Å². The van der Waals surface area contributed by atoms with Crippen LogP contribution < -0.4 is 4.90 Å². The average molecular weight is 857 g/mol. The van der Waals surface area contributed by atoms with Gasteiger partial charge in [0.15, 0.2) is 0 Å². The molecule has 3 aliphatic rings. The van der Waals surface area contributed by atoms with E-state index in [9.17, 15) is 0 Å². The topological polar surface area (TPSA) is 8.17 Å². The third kappa shape index (κ3) is 9.10. The molecule has 0 N–H and O–H groups in total. The zero-order valence-corrected chi connectivity index (χ0v) is 38.7. The molecule has 0 spiro atoms. The molecule has 0 bridgehead atoms. The summed E-state index contributed by atoms with van der Waals surface area (Å²) in [4.78, 5) is 2.51. The number of benzene rings is 5. The van der Waals surface area contributed by atoms with Crippen LogP contribution in [-0.4, -0.2) is 4.57 Å². The maximum atomic E-state index is 4.08. The van der Waals surface area contributed by atoms with Gasteiger partial charge in [-0.3, -0.25) is 0 Å². The number of para-hydroxylation sites is 1. The lowest BCUT2D eigenvalue weighted by Crippen LogP contribution is -2.23. The summed E-state index contributed by atoms with van der Waals surface area (Å²) in [6, 6.07) is 44.6. The van der Waals surface area contributed by atoms with Crippen LogP contribution in [0.2, 0.25) is 0 Å². The maximum Gasteiger partial charge on any atom is 0.0537 e. The van der Waals surface area contributed by atoms with Crippen molar-refractivity contribution in [2.75, 3.05) is 4.90 Å². The van der Waals surface area contributed by atoms with Gasteiger partial charge in [0.2, 0.25) is 0 Å². The van der Waals surface area contributed by atoms with Crippen molar-refractivity contribution in [2.24, 2.45) is 5.92 Å². The zero-order chi connectivity index (χ0) is 45.2. The molecular formula is C64H60N2. The number of rotatable bonds is 15. The third-order valence-corrected chi connectivity index (χ3v) is 13.2. The summed E-state index contributed by atoms with van der Waals surface area (Å²) >= 11 is 0. The van der Waals surface area contributed by atoms with E-state index in [1.54, 1.807) is 0 Å². The van der Waals surface area contributed by atoms with E-state index in [4.69, 9.17) is 0 Å². The molecular weight excluding hydrogens is 797 g/mol. The Balaban J connectivity index is 1.11. The van der Waals surface area contributed by atoms with E-state index in [1.807, 2.05) is 6.08 Å². The van der Waals surface area contributed by atoms with E-state index in [0.717, 1.165) is 37.8 Å². The number of aromatic nitrogens is 1. The Morgan fingerprint density at radius 3 is 2.18 bits per heavy atom. The predicted molar refractivity (Wildman–Crippen MR) is 286 cm³/mol. The fourth-order valence-corrected chi connectivity index (χ4v) is 10.1. The average Bonchev–Trinajstić information content (AvgIpc) is 3.69. The lowest BCUT2D eigenvalue weighted by Gasteiger charge is -2.31. The van der Waals surface area contributed by atoms with Gasteiger partial charge in [-0.1, -0.05) is 196 Å². The number of aryl methyl sites for hydroxylation is 1. The van der Waals surface area contributed by atoms with Crippen LogP contribution in [0, 0.1) is 5.92 Å². The van der Waals surface area contributed by atoms with E-state index in [-0.39, 0.29) is 0 Å². The quantitative estimate of drug-likeness (QED) is 0.0934. The van der Waals surface area contributed by atoms with Crippen LogP contribution in [0.5, 0.6) is 0 Å². The van der Waals surface area contributed by atoms with Crippen LogP contribution >= 0.6 is 0 Å². The first-order valence-corrected chi connectivity index (χ1v) is 23.8. The number of allylic oxidation sites excluding steroid dienone is 18. The van der Waals surface area contributed by atoms with Gasteiger partial charge >= 0.3 is 0 Å². The molecule has 2 heteroatoms. The Kier molecular flexibility index (Phi) is 13.7. The summed E-state index contributed by atoms with van der Waals surface area (Å²) in [6.45, 7) is 10.6. The van der Waals surface area contributed by atoms with Crippen molar-refractivity contribution in [1.29, 1.82) is 0 Å². The molecule has 0 radical (unpaired) electrons. The highest BCUT2D eigenvalue weighted by Crippen LogP contribution is 2.41. The second-order valence-electron chi connectivity index (χ2n) is 17.2. The molecule has 0 fully saturated rings. The SMILES string of the molecule is C=C/C=C\c1c(CC/C=C(\C=C/C)N(/C(CC)=C(/C=C\C)C2=CC=CCC2)c2ccc(-c3ccc(-c4ccccc4)cc3)cc2)c2ccccc2n1-c1ccc2c(c1)C=CC1C=CC=CC21. The first-order valence-electron chi connectivity index (χ1n) is 23.8. The third-order valence-electron chi connectivity index (χ3n) is 13.2. The fraction of sp³-hybridized carbons (Fsp3) is 0.156. The molecule has 0 saturated carbocycles. The molecule has 0 aliphatic heterocycles. The Hall–Kier alpha value is -7.42. The highest BCUT2D eigenvalue weighted by Gasteiger charge is 2.25. The van der Waals surface area contributed by atoms with Gasteiger partial charge in [0.05, 0.1) is 11.2 Å². The van der Waals surface area contributed by atoms with Crippen LogP contribution in [-0.2, 0) is 6.42 Å². The van der Waals surface area contributed by atoms with Gasteiger partial charge in [0.25, 0.3) is 0 Å². The number of hydrogen-bond acceptors (Lipinski definition) is 1. The number of fused-ring (bicyclic) bond motifs is 4. The second kappa shape index (κ2) is 20.6. The lowest BCUT2D eigenvalue weighted by atomic mass is 9.77. The van der Waals surface area contributed by atoms with E-state index >= 15 is 0 Å². The van der Waals surface area contributed by atoms with Crippen LogP contribution in [0.4, 0.5) is 5.69 Å². The molecule has 1 heterocycles. The fourth-order valence-electron chi connectivity index (χ4n) is 10.1. The standard InChI is InChI=1S/C64H60N2/c1-5-9-32-63-61(60-30-18-19-33-64(60)66(63)56-44-45-58-53(46-56)39-38-52-27-16-17-29-57(52)58)31-20-28-54(21-6-2)65(62(8-4)59(22-7-3)51-25-14-11-15-26-51)55-42-40-50(41-43-55)49-36-34-48(35-37-49)47-23-12-10-13-24-47/h5-7,9-14,16-19,21-25,27-30,32-46,52,57H,1,8,15,20,26,31H2,2-4H3/b21-6-,22-7-,32-9-,54-28+,62-59-. The van der Waals surface area contributed by atoms with Crippen molar-refractivity contribution in [3.05, 3.63) is 264 Å². The van der Waals surface area contributed by atoms with Gasteiger partial charge in [-0.15, -0.1) is 0 Å². The molecule has 2 atom stereocenters. The van der Waals surface area contributed by atoms with Gasteiger partial charge in [0.1, 0.15) is 0 Å². The van der Waals surface area contributed by atoms with E-state index in [1.165, 1.54) is 83.8 Å². The van der Waals surface area contributed by atoms with Gasteiger partial charge in [-0.2, -0.15) is 0 Å². The molecule has 9 rings (SSSR count). The van der Waals surface area contributed by atoms with Gasteiger partial charge < -0.3 is 9.47 Å². The largest absolute Gasteiger partial charge is 0.314 e. The highest BCUT2D eigenvalue weighted by atomic mass is 15.2. The second-order valence-corrected chi connectivity index (χ2v) is 17.2. The van der Waals surface area contributed by atoms with Gasteiger partial charge in [-0.25, -0.2) is 0 Å². The normalized spacial score (nSPS) is 17.1. The minimum absolute atomic E-state index is 0.378. The first kappa shape index (κ1) is 43.8. The summed E-state index contributed by atoms with van der Waals surface area (Å²) < 4.78 is 2.45.